The van der Waals surface area contributed by atoms with Crippen LogP contribution in [0.15, 0.2) is 36.5 Å². The predicted octanol–water partition coefficient (Wildman–Crippen LogP) is 2.61. The van der Waals surface area contributed by atoms with Crippen LogP contribution in [0.4, 0.5) is 0 Å². The van der Waals surface area contributed by atoms with E-state index in [2.05, 4.69) is 22.4 Å². The minimum absolute atomic E-state index is 0.00945. The van der Waals surface area contributed by atoms with Crippen LogP contribution in [-0.2, 0) is 6.54 Å². The summed E-state index contributed by atoms with van der Waals surface area (Å²) in [6, 6.07) is 9.68. The van der Waals surface area contributed by atoms with E-state index in [4.69, 9.17) is 14.2 Å². The summed E-state index contributed by atoms with van der Waals surface area (Å²) in [4.78, 5) is 0. The highest BCUT2D eigenvalue weighted by Gasteiger charge is 2.18. The number of rotatable bonds is 7. The highest BCUT2D eigenvalue weighted by molar-refractivity contribution is 5.55. The van der Waals surface area contributed by atoms with E-state index in [1.165, 1.54) is 0 Å². The Morgan fingerprint density at radius 1 is 1.00 bits per heavy atom. The van der Waals surface area contributed by atoms with Crippen molar-refractivity contribution < 1.29 is 14.2 Å². The number of fused-ring (bicyclic) bond motifs is 1. The molecule has 0 unspecified atom stereocenters. The molecule has 0 bridgehead atoms. The second-order valence-electron chi connectivity index (χ2n) is 5.58. The zero-order chi connectivity index (χ0) is 17.8. The molecule has 1 aromatic carbocycles. The average Bonchev–Trinajstić information content (AvgIpc) is 3.09. The maximum Gasteiger partial charge on any atom is 0.203 e. The van der Waals surface area contributed by atoms with Gasteiger partial charge in [-0.2, -0.15) is 0 Å². The Morgan fingerprint density at radius 2 is 1.80 bits per heavy atom. The lowest BCUT2D eigenvalue weighted by Crippen LogP contribution is -2.20. The third-order valence-corrected chi connectivity index (χ3v) is 4.11. The van der Waals surface area contributed by atoms with E-state index < -0.39 is 0 Å². The number of aromatic nitrogens is 3. The number of nitrogens with one attached hydrogen (secondary N) is 1. The molecule has 2 heterocycles. The standard InChI is InChI=1S/C18H22N4O3/c1-12(18-21-20-15-7-5-6-10-22(15)18)19-11-13-8-9-14(23-2)17(25-4)16(13)24-3/h5-10,12,19H,11H2,1-4H3/t12-/m1/s1. The van der Waals surface area contributed by atoms with Crippen LogP contribution in [0.25, 0.3) is 5.65 Å². The Morgan fingerprint density at radius 3 is 2.52 bits per heavy atom. The number of ether oxygens (including phenoxy) is 3. The first kappa shape index (κ1) is 17.0. The number of benzene rings is 1. The van der Waals surface area contributed by atoms with Crippen molar-refractivity contribution >= 4 is 5.65 Å². The minimum atomic E-state index is 0.00945. The van der Waals surface area contributed by atoms with Gasteiger partial charge in [0.15, 0.2) is 23.0 Å². The predicted molar refractivity (Wildman–Crippen MR) is 94.3 cm³/mol. The molecular weight excluding hydrogens is 320 g/mol. The monoisotopic (exact) mass is 342 g/mol. The molecule has 0 fully saturated rings. The third-order valence-electron chi connectivity index (χ3n) is 4.11. The molecule has 2 aromatic heterocycles. The molecule has 0 aliphatic rings. The Hall–Kier alpha value is -2.80. The lowest BCUT2D eigenvalue weighted by atomic mass is 10.1. The van der Waals surface area contributed by atoms with E-state index in [1.807, 2.05) is 40.9 Å². The first-order chi connectivity index (χ1) is 12.2. The van der Waals surface area contributed by atoms with Gasteiger partial charge in [0, 0.05) is 18.3 Å². The maximum atomic E-state index is 5.52. The van der Waals surface area contributed by atoms with Crippen LogP contribution in [0.2, 0.25) is 0 Å². The second kappa shape index (κ2) is 7.40. The fraction of sp³-hybridized carbons (Fsp3) is 0.333. The Balaban J connectivity index is 1.81. The molecule has 132 valence electrons. The summed E-state index contributed by atoms with van der Waals surface area (Å²) in [7, 11) is 4.83. The highest BCUT2D eigenvalue weighted by Crippen LogP contribution is 2.39. The summed E-state index contributed by atoms with van der Waals surface area (Å²) >= 11 is 0. The van der Waals surface area contributed by atoms with Gasteiger partial charge in [0.2, 0.25) is 5.75 Å². The molecule has 3 rings (SSSR count). The van der Waals surface area contributed by atoms with Gasteiger partial charge in [0.25, 0.3) is 0 Å². The largest absolute Gasteiger partial charge is 0.493 e. The number of hydrogen-bond donors (Lipinski definition) is 1. The lowest BCUT2D eigenvalue weighted by Gasteiger charge is -2.17. The van der Waals surface area contributed by atoms with Crippen LogP contribution < -0.4 is 19.5 Å². The number of hydrogen-bond acceptors (Lipinski definition) is 6. The zero-order valence-corrected chi connectivity index (χ0v) is 14.8. The van der Waals surface area contributed by atoms with E-state index in [0.29, 0.717) is 23.8 Å². The summed E-state index contributed by atoms with van der Waals surface area (Å²) in [5, 5.41) is 11.9. The summed E-state index contributed by atoms with van der Waals surface area (Å²) in [5.41, 5.74) is 1.80. The first-order valence-electron chi connectivity index (χ1n) is 8.00. The van der Waals surface area contributed by atoms with Gasteiger partial charge in [-0.1, -0.05) is 12.1 Å². The molecule has 0 aliphatic heterocycles. The van der Waals surface area contributed by atoms with E-state index >= 15 is 0 Å². The Labute approximate surface area is 146 Å². The van der Waals surface area contributed by atoms with Gasteiger partial charge in [-0.3, -0.25) is 4.40 Å². The van der Waals surface area contributed by atoms with Crippen molar-refractivity contribution in [2.75, 3.05) is 21.3 Å². The van der Waals surface area contributed by atoms with Gasteiger partial charge in [-0.25, -0.2) is 0 Å². The molecule has 25 heavy (non-hydrogen) atoms. The summed E-state index contributed by atoms with van der Waals surface area (Å²) < 4.78 is 18.3. The Bertz CT molecular complexity index is 863. The molecule has 1 N–H and O–H groups in total. The van der Waals surface area contributed by atoms with Crippen LogP contribution in [-0.4, -0.2) is 35.9 Å². The van der Waals surface area contributed by atoms with Crippen molar-refractivity contribution in [1.29, 1.82) is 0 Å². The highest BCUT2D eigenvalue weighted by atomic mass is 16.5. The van der Waals surface area contributed by atoms with Gasteiger partial charge in [-0.15, -0.1) is 10.2 Å². The molecule has 7 heteroatoms. The fourth-order valence-electron chi connectivity index (χ4n) is 2.81. The molecule has 7 nitrogen and oxygen atoms in total. The summed E-state index contributed by atoms with van der Waals surface area (Å²) in [6.07, 6.45) is 1.96. The SMILES string of the molecule is COc1ccc(CN[C@H](C)c2nnc3ccccn23)c(OC)c1OC. The molecule has 0 radical (unpaired) electrons. The van der Waals surface area contributed by atoms with Crippen molar-refractivity contribution in [2.24, 2.45) is 0 Å². The zero-order valence-electron chi connectivity index (χ0n) is 14.8. The van der Waals surface area contributed by atoms with E-state index in [0.717, 1.165) is 17.0 Å². The van der Waals surface area contributed by atoms with Gasteiger partial charge in [0.05, 0.1) is 27.4 Å². The molecule has 0 saturated carbocycles. The molecule has 3 aromatic rings. The van der Waals surface area contributed by atoms with Gasteiger partial charge in [0.1, 0.15) is 0 Å². The van der Waals surface area contributed by atoms with Crippen LogP contribution in [0.1, 0.15) is 24.4 Å². The van der Waals surface area contributed by atoms with Gasteiger partial charge in [-0.05, 0) is 25.1 Å². The molecular formula is C18H22N4O3. The first-order valence-corrected chi connectivity index (χ1v) is 8.00. The molecule has 0 saturated heterocycles. The number of methoxy groups -OCH3 is 3. The molecule has 1 atom stereocenters. The van der Waals surface area contributed by atoms with Crippen molar-refractivity contribution in [3.8, 4) is 17.2 Å². The Kier molecular flexibility index (Phi) is 5.04. The van der Waals surface area contributed by atoms with Crippen molar-refractivity contribution in [3.05, 3.63) is 47.9 Å². The molecule has 0 aliphatic carbocycles. The minimum Gasteiger partial charge on any atom is -0.493 e. The van der Waals surface area contributed by atoms with Crippen LogP contribution in [0.3, 0.4) is 0 Å². The van der Waals surface area contributed by atoms with Crippen LogP contribution >= 0.6 is 0 Å². The quantitative estimate of drug-likeness (QED) is 0.712. The normalized spacial score (nSPS) is 12.2. The summed E-state index contributed by atoms with van der Waals surface area (Å²) in [5.74, 6) is 2.74. The van der Waals surface area contributed by atoms with Crippen molar-refractivity contribution in [1.82, 2.24) is 19.9 Å². The average molecular weight is 342 g/mol. The molecule has 0 spiro atoms. The molecule has 0 amide bonds. The summed E-state index contributed by atoms with van der Waals surface area (Å²) in [6.45, 7) is 2.64. The van der Waals surface area contributed by atoms with E-state index in [-0.39, 0.29) is 6.04 Å². The number of nitrogens with zero attached hydrogens (tertiary/aromatic N) is 3. The topological polar surface area (TPSA) is 69.9 Å². The van der Waals surface area contributed by atoms with E-state index in [1.54, 1.807) is 21.3 Å². The van der Waals surface area contributed by atoms with Gasteiger partial charge < -0.3 is 19.5 Å². The van der Waals surface area contributed by atoms with Gasteiger partial charge >= 0.3 is 0 Å². The smallest absolute Gasteiger partial charge is 0.203 e. The van der Waals surface area contributed by atoms with Crippen molar-refractivity contribution in [2.45, 2.75) is 19.5 Å². The third kappa shape index (κ3) is 3.23. The van der Waals surface area contributed by atoms with Crippen LogP contribution in [0, 0.1) is 0 Å². The second-order valence-corrected chi connectivity index (χ2v) is 5.58. The maximum absolute atomic E-state index is 5.52. The lowest BCUT2D eigenvalue weighted by molar-refractivity contribution is 0.321. The fourth-order valence-corrected chi connectivity index (χ4v) is 2.81. The van der Waals surface area contributed by atoms with Crippen LogP contribution in [0.5, 0.6) is 17.2 Å². The van der Waals surface area contributed by atoms with E-state index in [9.17, 15) is 0 Å². The van der Waals surface area contributed by atoms with Crippen molar-refractivity contribution in [3.63, 3.8) is 0 Å². The number of pyridine rings is 1.